The number of hydrogen-bond acceptors (Lipinski definition) is 6. The summed E-state index contributed by atoms with van der Waals surface area (Å²) >= 11 is 0. The van der Waals surface area contributed by atoms with Crippen LogP contribution in [0.4, 0.5) is 0 Å². The van der Waals surface area contributed by atoms with E-state index < -0.39 is 0 Å². The lowest BCUT2D eigenvalue weighted by molar-refractivity contribution is 0.0895. The molecule has 7 nitrogen and oxygen atoms in total. The number of benzene rings is 1. The quantitative estimate of drug-likeness (QED) is 0.723. The molecular weight excluding hydrogens is 320 g/mol. The van der Waals surface area contributed by atoms with Gasteiger partial charge in [0.2, 0.25) is 11.7 Å². The number of amides is 1. The molecule has 1 aromatic carbocycles. The van der Waals surface area contributed by atoms with Crippen molar-refractivity contribution in [1.29, 1.82) is 0 Å². The molecule has 136 valence electrons. The van der Waals surface area contributed by atoms with Crippen molar-refractivity contribution in [2.24, 2.45) is 5.73 Å². The lowest BCUT2D eigenvalue weighted by Crippen LogP contribution is -2.52. The van der Waals surface area contributed by atoms with Crippen molar-refractivity contribution in [1.82, 2.24) is 15.5 Å². The molecule has 0 saturated carbocycles. The highest BCUT2D eigenvalue weighted by Gasteiger charge is 2.26. The molecule has 0 aliphatic heterocycles. The number of nitrogens with one attached hydrogen (secondary N) is 1. The zero-order valence-corrected chi connectivity index (χ0v) is 15.0. The Bertz CT molecular complexity index is 670. The van der Waals surface area contributed by atoms with E-state index >= 15 is 0 Å². The van der Waals surface area contributed by atoms with E-state index in [0.29, 0.717) is 36.0 Å². The van der Waals surface area contributed by atoms with Crippen LogP contribution in [-0.2, 0) is 13.0 Å². The largest absolute Gasteiger partial charge is 0.485 e. The average Bonchev–Trinajstić information content (AvgIpc) is 3.13. The average molecular weight is 346 g/mol. The fraction of sp³-hybridized carbons (Fsp3) is 0.500. The summed E-state index contributed by atoms with van der Waals surface area (Å²) < 4.78 is 10.6. The van der Waals surface area contributed by atoms with E-state index in [0.717, 1.165) is 12.8 Å². The van der Waals surface area contributed by atoms with Crippen molar-refractivity contribution >= 4 is 5.91 Å². The highest BCUT2D eigenvalue weighted by atomic mass is 16.5. The second kappa shape index (κ2) is 8.62. The smallest absolute Gasteiger partial charge is 0.251 e. The number of aryl methyl sites for hydroxylation is 1. The van der Waals surface area contributed by atoms with Gasteiger partial charge in [-0.1, -0.05) is 25.9 Å². The van der Waals surface area contributed by atoms with E-state index in [1.54, 1.807) is 24.3 Å². The number of aromatic nitrogens is 2. The molecule has 0 saturated heterocycles. The molecule has 25 heavy (non-hydrogen) atoms. The molecular formula is C18H26N4O3. The first-order valence-electron chi connectivity index (χ1n) is 8.62. The van der Waals surface area contributed by atoms with Crippen LogP contribution in [0, 0.1) is 0 Å². The maximum atomic E-state index is 12.4. The molecule has 2 rings (SSSR count). The van der Waals surface area contributed by atoms with Crippen LogP contribution in [0.15, 0.2) is 28.8 Å². The van der Waals surface area contributed by atoms with Gasteiger partial charge in [0.15, 0.2) is 6.61 Å². The molecule has 1 heterocycles. The molecule has 0 unspecified atom stereocenters. The minimum Gasteiger partial charge on any atom is -0.485 e. The summed E-state index contributed by atoms with van der Waals surface area (Å²) in [7, 11) is 0. The Morgan fingerprint density at radius 1 is 1.24 bits per heavy atom. The van der Waals surface area contributed by atoms with Crippen LogP contribution < -0.4 is 15.8 Å². The molecule has 0 aliphatic carbocycles. The Balaban J connectivity index is 1.95. The van der Waals surface area contributed by atoms with Crippen LogP contribution in [0.1, 0.15) is 55.7 Å². The number of carbonyl (C=O) groups excluding carboxylic acids is 1. The van der Waals surface area contributed by atoms with E-state index in [2.05, 4.69) is 15.5 Å². The maximum absolute atomic E-state index is 12.4. The topological polar surface area (TPSA) is 103 Å². The Kier molecular flexibility index (Phi) is 6.52. The van der Waals surface area contributed by atoms with Crippen molar-refractivity contribution in [3.63, 3.8) is 0 Å². The summed E-state index contributed by atoms with van der Waals surface area (Å²) in [6.45, 7) is 6.62. The molecule has 0 fully saturated rings. The predicted octanol–water partition coefficient (Wildman–Crippen LogP) is 2.46. The highest BCUT2D eigenvalue weighted by molar-refractivity contribution is 5.94. The summed E-state index contributed by atoms with van der Waals surface area (Å²) in [5.41, 5.74) is 6.04. The standard InChI is InChI=1S/C18H26N4O3/c1-4-16-20-15(22-25-16)11-24-14-9-7-13(8-10-14)17(23)21-18(5-2,6-3)12-19/h7-10H,4-6,11-12,19H2,1-3H3,(H,21,23). The van der Waals surface area contributed by atoms with Gasteiger partial charge in [-0.3, -0.25) is 4.79 Å². The van der Waals surface area contributed by atoms with E-state index in [1.807, 2.05) is 20.8 Å². The van der Waals surface area contributed by atoms with Gasteiger partial charge in [0.1, 0.15) is 5.75 Å². The van der Waals surface area contributed by atoms with Gasteiger partial charge in [-0.2, -0.15) is 4.98 Å². The van der Waals surface area contributed by atoms with Crippen LogP contribution in [0.2, 0.25) is 0 Å². The first-order chi connectivity index (χ1) is 12.1. The van der Waals surface area contributed by atoms with E-state index in [4.69, 9.17) is 15.0 Å². The molecule has 0 atom stereocenters. The van der Waals surface area contributed by atoms with Crippen LogP contribution in [0.3, 0.4) is 0 Å². The monoisotopic (exact) mass is 346 g/mol. The van der Waals surface area contributed by atoms with Crippen LogP contribution in [0.25, 0.3) is 0 Å². The number of carbonyl (C=O) groups is 1. The van der Waals surface area contributed by atoms with Gasteiger partial charge >= 0.3 is 0 Å². The Morgan fingerprint density at radius 2 is 1.92 bits per heavy atom. The molecule has 0 spiro atoms. The summed E-state index contributed by atoms with van der Waals surface area (Å²) in [6.07, 6.45) is 2.27. The predicted molar refractivity (Wildman–Crippen MR) is 94.3 cm³/mol. The van der Waals surface area contributed by atoms with Crippen molar-refractivity contribution in [3.05, 3.63) is 41.5 Å². The van der Waals surface area contributed by atoms with E-state index in [-0.39, 0.29) is 18.1 Å². The number of nitrogens with zero attached hydrogens (tertiary/aromatic N) is 2. The molecule has 2 aromatic rings. The molecule has 0 radical (unpaired) electrons. The number of rotatable bonds is 9. The zero-order chi connectivity index (χ0) is 18.3. The molecule has 0 aliphatic rings. The van der Waals surface area contributed by atoms with Crippen molar-refractivity contribution in [2.75, 3.05) is 6.54 Å². The third kappa shape index (κ3) is 4.79. The first kappa shape index (κ1) is 18.9. The van der Waals surface area contributed by atoms with Gasteiger partial charge in [-0.15, -0.1) is 0 Å². The molecule has 7 heteroatoms. The van der Waals surface area contributed by atoms with Gasteiger partial charge in [-0.05, 0) is 37.1 Å². The van der Waals surface area contributed by atoms with Gasteiger partial charge in [0.05, 0.1) is 5.54 Å². The second-order valence-corrected chi connectivity index (χ2v) is 5.92. The Hall–Kier alpha value is -2.41. The fourth-order valence-electron chi connectivity index (χ4n) is 2.42. The molecule has 1 aromatic heterocycles. The number of nitrogens with two attached hydrogens (primary N) is 1. The minimum absolute atomic E-state index is 0.133. The van der Waals surface area contributed by atoms with Gasteiger partial charge in [0, 0.05) is 18.5 Å². The SMILES string of the molecule is CCc1nc(COc2ccc(C(=O)NC(CC)(CC)CN)cc2)no1. The van der Waals surface area contributed by atoms with E-state index in [1.165, 1.54) is 0 Å². The van der Waals surface area contributed by atoms with E-state index in [9.17, 15) is 4.79 Å². The number of ether oxygens (including phenoxy) is 1. The zero-order valence-electron chi connectivity index (χ0n) is 15.0. The van der Waals surface area contributed by atoms with Crippen LogP contribution in [0.5, 0.6) is 5.75 Å². The Morgan fingerprint density at radius 3 is 2.44 bits per heavy atom. The van der Waals surface area contributed by atoms with Gasteiger partial charge in [-0.25, -0.2) is 0 Å². The number of hydrogen-bond donors (Lipinski definition) is 2. The van der Waals surface area contributed by atoms with Crippen molar-refractivity contribution in [2.45, 2.75) is 52.2 Å². The summed E-state index contributed by atoms with van der Waals surface area (Å²) in [6, 6.07) is 6.95. The lowest BCUT2D eigenvalue weighted by atomic mass is 9.92. The maximum Gasteiger partial charge on any atom is 0.251 e. The van der Waals surface area contributed by atoms with Gasteiger partial charge < -0.3 is 20.3 Å². The van der Waals surface area contributed by atoms with Crippen molar-refractivity contribution < 1.29 is 14.1 Å². The second-order valence-electron chi connectivity index (χ2n) is 5.92. The molecule has 3 N–H and O–H groups in total. The normalized spacial score (nSPS) is 11.4. The lowest BCUT2D eigenvalue weighted by Gasteiger charge is -2.31. The summed E-state index contributed by atoms with van der Waals surface area (Å²) in [5, 5.41) is 6.87. The van der Waals surface area contributed by atoms with Crippen LogP contribution in [-0.4, -0.2) is 28.1 Å². The fourth-order valence-corrected chi connectivity index (χ4v) is 2.42. The highest BCUT2D eigenvalue weighted by Crippen LogP contribution is 2.17. The van der Waals surface area contributed by atoms with Crippen molar-refractivity contribution in [3.8, 4) is 5.75 Å². The minimum atomic E-state index is -0.359. The molecule has 0 bridgehead atoms. The van der Waals surface area contributed by atoms with Gasteiger partial charge in [0.25, 0.3) is 5.91 Å². The van der Waals surface area contributed by atoms with Crippen LogP contribution >= 0.6 is 0 Å². The Labute approximate surface area is 147 Å². The molecule has 1 amide bonds. The summed E-state index contributed by atoms with van der Waals surface area (Å²) in [4.78, 5) is 16.6. The first-order valence-corrected chi connectivity index (χ1v) is 8.62. The summed E-state index contributed by atoms with van der Waals surface area (Å²) in [5.74, 6) is 1.58. The third-order valence-corrected chi connectivity index (χ3v) is 4.42. The third-order valence-electron chi connectivity index (χ3n) is 4.42.